The normalized spacial score (nSPS) is 11.5. The van der Waals surface area contributed by atoms with E-state index in [-0.39, 0.29) is 11.4 Å². The van der Waals surface area contributed by atoms with Crippen LogP contribution in [0.25, 0.3) is 0 Å². The van der Waals surface area contributed by atoms with E-state index >= 15 is 0 Å². The van der Waals surface area contributed by atoms with Gasteiger partial charge >= 0.3 is 0 Å². The number of amides is 1. The summed E-state index contributed by atoms with van der Waals surface area (Å²) in [6.07, 6.45) is 0. The Morgan fingerprint density at radius 1 is 1.12 bits per heavy atom. The molecule has 0 aliphatic heterocycles. The molecule has 0 aromatic heterocycles. The maximum Gasteiger partial charge on any atom is 0.249 e. The smallest absolute Gasteiger partial charge is 0.249 e. The van der Waals surface area contributed by atoms with Gasteiger partial charge in [-0.2, -0.15) is 4.31 Å². The second-order valence-corrected chi connectivity index (χ2v) is 7.67. The van der Waals surface area contributed by atoms with E-state index in [9.17, 15) is 13.2 Å². The molecule has 128 valence electrons. The van der Waals surface area contributed by atoms with Crippen LogP contribution in [0.5, 0.6) is 0 Å². The molecule has 0 spiro atoms. The number of carbonyl (C=O) groups excluding carboxylic acids is 1. The Bertz CT molecular complexity index is 829. The molecular formula is C15H15Cl2N3O3S. The summed E-state index contributed by atoms with van der Waals surface area (Å²) in [5, 5.41) is 0.741. The van der Waals surface area contributed by atoms with E-state index < -0.39 is 22.5 Å². The quantitative estimate of drug-likeness (QED) is 0.451. The van der Waals surface area contributed by atoms with Gasteiger partial charge in [0, 0.05) is 16.6 Å². The highest BCUT2D eigenvalue weighted by molar-refractivity contribution is 7.89. The predicted molar refractivity (Wildman–Crippen MR) is 92.8 cm³/mol. The summed E-state index contributed by atoms with van der Waals surface area (Å²) in [5.74, 6) is 4.44. The lowest BCUT2D eigenvalue weighted by molar-refractivity contribution is -0.121. The average molecular weight is 388 g/mol. The van der Waals surface area contributed by atoms with Crippen molar-refractivity contribution in [1.82, 2.24) is 9.73 Å². The van der Waals surface area contributed by atoms with Gasteiger partial charge in [0.15, 0.2) is 0 Å². The standard InChI is InChI=1S/C15H15Cl2N3O3S/c16-12-7-6-11(14(17)8-12)9-20(10-15(21)19-18)24(22,23)13-4-2-1-3-5-13/h1-8H,9-10,18H2,(H,19,21). The third-order valence-corrected chi connectivity index (χ3v) is 5.62. The molecule has 24 heavy (non-hydrogen) atoms. The molecule has 2 aromatic carbocycles. The maximum atomic E-state index is 12.8. The van der Waals surface area contributed by atoms with Gasteiger partial charge in [-0.1, -0.05) is 47.5 Å². The van der Waals surface area contributed by atoms with Crippen LogP contribution >= 0.6 is 23.2 Å². The lowest BCUT2D eigenvalue weighted by Gasteiger charge is -2.22. The lowest BCUT2D eigenvalue weighted by atomic mass is 10.2. The molecule has 9 heteroatoms. The number of hydrogen-bond acceptors (Lipinski definition) is 4. The Hall–Kier alpha value is -1.64. The second-order valence-electron chi connectivity index (χ2n) is 4.89. The van der Waals surface area contributed by atoms with Crippen LogP contribution in [0, 0.1) is 0 Å². The topological polar surface area (TPSA) is 92.5 Å². The summed E-state index contributed by atoms with van der Waals surface area (Å²) in [7, 11) is -3.91. The molecule has 0 bridgehead atoms. The van der Waals surface area contributed by atoms with Crippen molar-refractivity contribution in [2.45, 2.75) is 11.4 Å². The molecule has 0 aliphatic rings. The van der Waals surface area contributed by atoms with Gasteiger partial charge in [-0.3, -0.25) is 10.2 Å². The predicted octanol–water partition coefficient (Wildman–Crippen LogP) is 2.17. The van der Waals surface area contributed by atoms with Crippen molar-refractivity contribution in [2.24, 2.45) is 5.84 Å². The second kappa shape index (κ2) is 7.96. The highest BCUT2D eigenvalue weighted by atomic mass is 35.5. The summed E-state index contributed by atoms with van der Waals surface area (Å²) in [4.78, 5) is 11.7. The molecule has 3 N–H and O–H groups in total. The van der Waals surface area contributed by atoms with E-state index in [1.807, 2.05) is 5.43 Å². The molecule has 0 saturated heterocycles. The first-order valence-corrected chi connectivity index (χ1v) is 9.03. The number of nitrogens with zero attached hydrogens (tertiary/aromatic N) is 1. The Morgan fingerprint density at radius 2 is 1.79 bits per heavy atom. The number of sulfonamides is 1. The monoisotopic (exact) mass is 387 g/mol. The largest absolute Gasteiger partial charge is 0.293 e. The molecule has 0 heterocycles. The highest BCUT2D eigenvalue weighted by Gasteiger charge is 2.27. The van der Waals surface area contributed by atoms with Crippen LogP contribution in [-0.4, -0.2) is 25.2 Å². The first-order valence-electron chi connectivity index (χ1n) is 6.83. The number of hydrazine groups is 1. The van der Waals surface area contributed by atoms with Crippen LogP contribution in [0.1, 0.15) is 5.56 Å². The summed E-state index contributed by atoms with van der Waals surface area (Å²) >= 11 is 12.0. The fourth-order valence-corrected chi connectivity index (χ4v) is 3.88. The molecule has 2 aromatic rings. The zero-order valence-corrected chi connectivity index (χ0v) is 14.8. The van der Waals surface area contributed by atoms with Crippen LogP contribution in [0.4, 0.5) is 0 Å². The number of benzene rings is 2. The van der Waals surface area contributed by atoms with E-state index in [0.717, 1.165) is 4.31 Å². The van der Waals surface area contributed by atoms with Gasteiger partial charge in [-0.15, -0.1) is 0 Å². The van der Waals surface area contributed by atoms with Crippen molar-refractivity contribution in [3.63, 3.8) is 0 Å². The maximum absolute atomic E-state index is 12.8. The van der Waals surface area contributed by atoms with Gasteiger partial charge in [-0.25, -0.2) is 14.3 Å². The van der Waals surface area contributed by atoms with E-state index in [0.29, 0.717) is 15.6 Å². The molecule has 0 atom stereocenters. The minimum atomic E-state index is -3.91. The highest BCUT2D eigenvalue weighted by Crippen LogP contribution is 2.25. The first-order chi connectivity index (χ1) is 11.3. The van der Waals surface area contributed by atoms with Crippen molar-refractivity contribution in [3.05, 3.63) is 64.1 Å². The Balaban J connectivity index is 2.39. The Labute approximate surface area is 150 Å². The number of hydrogen-bond donors (Lipinski definition) is 2. The van der Waals surface area contributed by atoms with E-state index in [2.05, 4.69) is 0 Å². The van der Waals surface area contributed by atoms with Crippen LogP contribution in [0.2, 0.25) is 10.0 Å². The molecule has 6 nitrogen and oxygen atoms in total. The van der Waals surface area contributed by atoms with Crippen LogP contribution in [0.3, 0.4) is 0 Å². The summed E-state index contributed by atoms with van der Waals surface area (Å²) in [6, 6.07) is 12.5. The summed E-state index contributed by atoms with van der Waals surface area (Å²) in [6.45, 7) is -0.534. The average Bonchev–Trinajstić information content (AvgIpc) is 2.57. The number of carbonyl (C=O) groups is 1. The van der Waals surface area contributed by atoms with Gasteiger partial charge < -0.3 is 0 Å². The number of nitrogens with one attached hydrogen (secondary N) is 1. The minimum Gasteiger partial charge on any atom is -0.293 e. The number of rotatable bonds is 6. The zero-order chi connectivity index (χ0) is 17.7. The molecule has 0 unspecified atom stereocenters. The van der Waals surface area contributed by atoms with Crippen molar-refractivity contribution in [1.29, 1.82) is 0 Å². The molecule has 0 saturated carbocycles. The lowest BCUT2D eigenvalue weighted by Crippen LogP contribution is -2.42. The van der Waals surface area contributed by atoms with Crippen LogP contribution in [-0.2, 0) is 21.4 Å². The van der Waals surface area contributed by atoms with Crippen molar-refractivity contribution in [3.8, 4) is 0 Å². The van der Waals surface area contributed by atoms with Gasteiger partial charge in [-0.05, 0) is 29.8 Å². The third-order valence-electron chi connectivity index (χ3n) is 3.22. The summed E-state index contributed by atoms with van der Waals surface area (Å²) < 4.78 is 26.6. The number of nitrogens with two attached hydrogens (primary N) is 1. The van der Waals surface area contributed by atoms with Gasteiger partial charge in [0.05, 0.1) is 11.4 Å². The Morgan fingerprint density at radius 3 is 2.38 bits per heavy atom. The van der Waals surface area contributed by atoms with Crippen LogP contribution in [0.15, 0.2) is 53.4 Å². The SMILES string of the molecule is NNC(=O)CN(Cc1ccc(Cl)cc1Cl)S(=O)(=O)c1ccccc1. The fourth-order valence-electron chi connectivity index (χ4n) is 2.01. The van der Waals surface area contributed by atoms with Crippen LogP contribution < -0.4 is 11.3 Å². The first kappa shape index (κ1) is 18.7. The van der Waals surface area contributed by atoms with Crippen molar-refractivity contribution >= 4 is 39.1 Å². The van der Waals surface area contributed by atoms with Gasteiger partial charge in [0.1, 0.15) is 0 Å². The molecular weight excluding hydrogens is 373 g/mol. The molecule has 2 rings (SSSR count). The Kier molecular flexibility index (Phi) is 6.20. The van der Waals surface area contributed by atoms with E-state index in [4.69, 9.17) is 29.0 Å². The molecule has 0 aliphatic carbocycles. The molecule has 0 fully saturated rings. The number of halogens is 2. The van der Waals surface area contributed by atoms with E-state index in [1.165, 1.54) is 18.2 Å². The fraction of sp³-hybridized carbons (Fsp3) is 0.133. The van der Waals surface area contributed by atoms with Gasteiger partial charge in [0.25, 0.3) is 0 Å². The zero-order valence-electron chi connectivity index (χ0n) is 12.4. The van der Waals surface area contributed by atoms with Crippen molar-refractivity contribution in [2.75, 3.05) is 6.54 Å². The third kappa shape index (κ3) is 4.46. The van der Waals surface area contributed by atoms with Gasteiger partial charge in [0.2, 0.25) is 15.9 Å². The van der Waals surface area contributed by atoms with E-state index in [1.54, 1.807) is 30.3 Å². The molecule has 1 amide bonds. The van der Waals surface area contributed by atoms with Crippen molar-refractivity contribution < 1.29 is 13.2 Å². The molecule has 0 radical (unpaired) electrons. The minimum absolute atomic E-state index is 0.0694. The summed E-state index contributed by atoms with van der Waals surface area (Å²) in [5.41, 5.74) is 2.45.